The zero-order valence-electron chi connectivity index (χ0n) is 12.0. The molecule has 0 fully saturated rings. The molecule has 0 amide bonds. The smallest absolute Gasteiger partial charge is 0.152 e. The Morgan fingerprint density at radius 1 is 1.00 bits per heavy atom. The van der Waals surface area contributed by atoms with E-state index in [4.69, 9.17) is 0 Å². The Kier molecular flexibility index (Phi) is 3.31. The average molecular weight is 265 g/mol. The van der Waals surface area contributed by atoms with E-state index < -0.39 is 0 Å². The van der Waals surface area contributed by atoms with Crippen LogP contribution in [0.15, 0.2) is 36.4 Å². The average Bonchev–Trinajstić information content (AvgIpc) is 2.46. The molecule has 1 heterocycles. The Hall–Kier alpha value is -2.09. The third-order valence-corrected chi connectivity index (χ3v) is 3.95. The van der Waals surface area contributed by atoms with Crippen molar-refractivity contribution in [2.24, 2.45) is 0 Å². The van der Waals surface area contributed by atoms with Gasteiger partial charge in [0.25, 0.3) is 0 Å². The van der Waals surface area contributed by atoms with Crippen LogP contribution in [0, 0.1) is 13.8 Å². The van der Waals surface area contributed by atoms with Crippen LogP contribution < -0.4 is 4.90 Å². The Morgan fingerprint density at radius 2 is 1.70 bits per heavy atom. The Morgan fingerprint density at radius 3 is 2.45 bits per heavy atom. The minimum Gasteiger partial charge on any atom is -0.341 e. The zero-order chi connectivity index (χ0) is 14.1. The largest absolute Gasteiger partial charge is 0.341 e. The minimum atomic E-state index is 0.776. The first-order valence-electron chi connectivity index (χ1n) is 7.12. The molecule has 102 valence electrons. The predicted molar refractivity (Wildman–Crippen MR) is 83.1 cm³/mol. The zero-order valence-corrected chi connectivity index (χ0v) is 12.0. The van der Waals surface area contributed by atoms with Gasteiger partial charge in [-0.3, -0.25) is 4.79 Å². The quantitative estimate of drug-likeness (QED) is 0.758. The van der Waals surface area contributed by atoms with Crippen LogP contribution in [0.25, 0.3) is 0 Å². The molecule has 0 atom stereocenters. The van der Waals surface area contributed by atoms with Crippen LogP contribution in [0.5, 0.6) is 0 Å². The molecular formula is C18H19NO. The molecule has 1 aliphatic heterocycles. The molecule has 0 aromatic heterocycles. The molecule has 0 bridgehead atoms. The minimum absolute atomic E-state index is 0.776. The lowest BCUT2D eigenvalue weighted by molar-refractivity contribution is 0.112. The van der Waals surface area contributed by atoms with Crippen molar-refractivity contribution >= 4 is 17.7 Å². The van der Waals surface area contributed by atoms with Crippen LogP contribution in [0.3, 0.4) is 0 Å². The second-order valence-electron chi connectivity index (χ2n) is 5.57. The van der Waals surface area contributed by atoms with Crippen molar-refractivity contribution in [3.63, 3.8) is 0 Å². The van der Waals surface area contributed by atoms with Crippen molar-refractivity contribution in [3.8, 4) is 0 Å². The Balaban J connectivity index is 2.11. The molecule has 0 radical (unpaired) electrons. The molecule has 20 heavy (non-hydrogen) atoms. The predicted octanol–water partition coefficient (Wildman–Crippen LogP) is 4.20. The molecule has 2 aromatic rings. The van der Waals surface area contributed by atoms with Crippen molar-refractivity contribution < 1.29 is 4.79 Å². The summed E-state index contributed by atoms with van der Waals surface area (Å²) in [6.07, 6.45) is 3.21. The van der Waals surface area contributed by atoms with Crippen LogP contribution in [0.2, 0.25) is 0 Å². The Bertz CT molecular complexity index is 660. The molecule has 0 saturated heterocycles. The third kappa shape index (κ3) is 2.22. The number of rotatable bonds is 2. The summed E-state index contributed by atoms with van der Waals surface area (Å²) in [7, 11) is 0. The molecule has 0 saturated carbocycles. The monoisotopic (exact) mass is 265 g/mol. The van der Waals surface area contributed by atoms with Gasteiger partial charge in [0.1, 0.15) is 0 Å². The van der Waals surface area contributed by atoms with Crippen LogP contribution in [-0.2, 0) is 6.42 Å². The molecule has 2 aromatic carbocycles. The van der Waals surface area contributed by atoms with E-state index in [9.17, 15) is 4.79 Å². The van der Waals surface area contributed by atoms with Crippen molar-refractivity contribution in [2.75, 3.05) is 11.4 Å². The highest BCUT2D eigenvalue weighted by molar-refractivity contribution is 5.87. The van der Waals surface area contributed by atoms with E-state index >= 15 is 0 Å². The first-order chi connectivity index (χ1) is 9.69. The standard InChI is InChI=1S/C18H19NO/c1-13-5-7-17-15(10-13)4-3-9-19(17)18-8-6-14(2)11-16(18)12-20/h5-8,10-12H,3-4,9H2,1-2H3. The van der Waals surface area contributed by atoms with Crippen molar-refractivity contribution in [3.05, 3.63) is 58.7 Å². The molecular weight excluding hydrogens is 246 g/mol. The Labute approximate surface area is 120 Å². The van der Waals surface area contributed by atoms with Crippen LogP contribution in [0.1, 0.15) is 33.5 Å². The lowest BCUT2D eigenvalue weighted by atomic mass is 9.98. The SMILES string of the molecule is Cc1ccc(N2CCCc3cc(C)ccc32)c(C=O)c1. The second-order valence-corrected chi connectivity index (χ2v) is 5.57. The van der Waals surface area contributed by atoms with E-state index in [0.29, 0.717) is 0 Å². The first kappa shape index (κ1) is 12.9. The summed E-state index contributed by atoms with van der Waals surface area (Å²) < 4.78 is 0. The summed E-state index contributed by atoms with van der Waals surface area (Å²) in [6, 6.07) is 12.7. The third-order valence-electron chi connectivity index (χ3n) is 3.95. The molecule has 0 unspecified atom stereocenters. The number of carbonyl (C=O) groups excluding carboxylic acids is 1. The second kappa shape index (κ2) is 5.12. The molecule has 2 heteroatoms. The number of hydrogen-bond donors (Lipinski definition) is 0. The number of nitrogens with zero attached hydrogens (tertiary/aromatic N) is 1. The fraction of sp³-hybridized carbons (Fsp3) is 0.278. The number of aldehydes is 1. The van der Waals surface area contributed by atoms with Gasteiger partial charge in [0, 0.05) is 17.8 Å². The highest BCUT2D eigenvalue weighted by Crippen LogP contribution is 2.35. The van der Waals surface area contributed by atoms with Crippen LogP contribution in [-0.4, -0.2) is 12.8 Å². The van der Waals surface area contributed by atoms with Crippen molar-refractivity contribution in [1.29, 1.82) is 0 Å². The van der Waals surface area contributed by atoms with E-state index in [1.807, 2.05) is 13.0 Å². The molecule has 2 nitrogen and oxygen atoms in total. The summed E-state index contributed by atoms with van der Waals surface area (Å²) in [5.74, 6) is 0. The lowest BCUT2D eigenvalue weighted by Gasteiger charge is -2.32. The fourth-order valence-electron chi connectivity index (χ4n) is 2.99. The van der Waals surface area contributed by atoms with Gasteiger partial charge in [-0.1, -0.05) is 29.3 Å². The van der Waals surface area contributed by atoms with Gasteiger partial charge in [-0.15, -0.1) is 0 Å². The summed E-state index contributed by atoms with van der Waals surface area (Å²) >= 11 is 0. The topological polar surface area (TPSA) is 20.3 Å². The summed E-state index contributed by atoms with van der Waals surface area (Å²) in [6.45, 7) is 5.12. The van der Waals surface area contributed by atoms with Gasteiger partial charge < -0.3 is 4.90 Å². The van der Waals surface area contributed by atoms with Crippen molar-refractivity contribution in [2.45, 2.75) is 26.7 Å². The molecule has 0 N–H and O–H groups in total. The first-order valence-corrected chi connectivity index (χ1v) is 7.12. The lowest BCUT2D eigenvalue weighted by Crippen LogP contribution is -2.25. The van der Waals surface area contributed by atoms with Crippen molar-refractivity contribution in [1.82, 2.24) is 0 Å². The van der Waals surface area contributed by atoms with Gasteiger partial charge in [0.05, 0.1) is 5.69 Å². The van der Waals surface area contributed by atoms with Crippen LogP contribution >= 0.6 is 0 Å². The molecule has 1 aliphatic rings. The van der Waals surface area contributed by atoms with E-state index in [2.05, 4.69) is 42.2 Å². The van der Waals surface area contributed by atoms with Crippen LogP contribution in [0.4, 0.5) is 11.4 Å². The number of carbonyl (C=O) groups is 1. The van der Waals surface area contributed by atoms with E-state index in [-0.39, 0.29) is 0 Å². The number of anilines is 2. The van der Waals surface area contributed by atoms with E-state index in [1.165, 1.54) is 16.8 Å². The van der Waals surface area contributed by atoms with E-state index in [0.717, 1.165) is 42.5 Å². The molecule has 3 rings (SSSR count). The number of aryl methyl sites for hydroxylation is 3. The maximum Gasteiger partial charge on any atom is 0.152 e. The highest BCUT2D eigenvalue weighted by Gasteiger charge is 2.20. The van der Waals surface area contributed by atoms with Gasteiger partial charge in [-0.2, -0.15) is 0 Å². The van der Waals surface area contributed by atoms with Gasteiger partial charge in [-0.25, -0.2) is 0 Å². The normalized spacial score (nSPS) is 14.0. The van der Waals surface area contributed by atoms with Gasteiger partial charge >= 0.3 is 0 Å². The maximum atomic E-state index is 11.4. The van der Waals surface area contributed by atoms with Gasteiger partial charge in [0.2, 0.25) is 0 Å². The summed E-state index contributed by atoms with van der Waals surface area (Å²) in [4.78, 5) is 13.6. The molecule has 0 aliphatic carbocycles. The van der Waals surface area contributed by atoms with Gasteiger partial charge in [0.15, 0.2) is 6.29 Å². The molecule has 0 spiro atoms. The van der Waals surface area contributed by atoms with Gasteiger partial charge in [-0.05, 0) is 50.5 Å². The number of benzene rings is 2. The number of fused-ring (bicyclic) bond motifs is 1. The van der Waals surface area contributed by atoms with E-state index in [1.54, 1.807) is 0 Å². The summed E-state index contributed by atoms with van der Waals surface area (Å²) in [5.41, 5.74) is 6.85. The summed E-state index contributed by atoms with van der Waals surface area (Å²) in [5, 5.41) is 0. The number of hydrogen-bond acceptors (Lipinski definition) is 2. The maximum absolute atomic E-state index is 11.4. The highest BCUT2D eigenvalue weighted by atomic mass is 16.1. The fourth-order valence-corrected chi connectivity index (χ4v) is 2.99.